The first-order valence-corrected chi connectivity index (χ1v) is 5.37. The summed E-state index contributed by atoms with van der Waals surface area (Å²) in [6.45, 7) is 0. The highest BCUT2D eigenvalue weighted by atomic mass is 35.5. The molecule has 0 spiro atoms. The number of halogens is 2. The van der Waals surface area contributed by atoms with Crippen LogP contribution in [0.4, 0.5) is 4.39 Å². The molecule has 2 heterocycles. The number of hydrogen-bond acceptors (Lipinski definition) is 2. The van der Waals surface area contributed by atoms with Crippen LogP contribution in [-0.4, -0.2) is 14.5 Å². The van der Waals surface area contributed by atoms with Gasteiger partial charge in [0.25, 0.3) is 0 Å². The lowest BCUT2D eigenvalue weighted by molar-refractivity contribution is 0.627. The fraction of sp³-hybridized carbons (Fsp3) is 0. The van der Waals surface area contributed by atoms with E-state index >= 15 is 0 Å². The Balaban J connectivity index is 2.28. The van der Waals surface area contributed by atoms with Gasteiger partial charge in [0.05, 0.1) is 5.39 Å². The zero-order valence-corrected chi connectivity index (χ0v) is 9.39. The molecular weight excluding hydrogens is 241 g/mol. The van der Waals surface area contributed by atoms with E-state index in [1.54, 1.807) is 22.9 Å². The lowest BCUT2D eigenvalue weighted by atomic mass is 10.3. The van der Waals surface area contributed by atoms with E-state index in [4.69, 9.17) is 11.6 Å². The lowest BCUT2D eigenvalue weighted by Crippen LogP contribution is -1.94. The van der Waals surface area contributed by atoms with Crippen LogP contribution in [0, 0.1) is 5.82 Å². The molecule has 0 bridgehead atoms. The molecule has 0 amide bonds. The third-order valence-corrected chi connectivity index (χ3v) is 2.82. The number of nitrogens with zero attached hydrogens (tertiary/aromatic N) is 3. The van der Waals surface area contributed by atoms with Crippen LogP contribution in [0.15, 0.2) is 42.9 Å². The van der Waals surface area contributed by atoms with E-state index in [-0.39, 0.29) is 5.82 Å². The summed E-state index contributed by atoms with van der Waals surface area (Å²) in [6.07, 6.45) is 3.18. The van der Waals surface area contributed by atoms with Gasteiger partial charge >= 0.3 is 0 Å². The largest absolute Gasteiger partial charge is 0.301 e. The highest BCUT2D eigenvalue weighted by molar-refractivity contribution is 6.33. The zero-order chi connectivity index (χ0) is 11.8. The molecule has 3 rings (SSSR count). The van der Waals surface area contributed by atoms with Crippen molar-refractivity contribution in [2.75, 3.05) is 0 Å². The van der Waals surface area contributed by atoms with E-state index in [1.165, 1.54) is 18.5 Å². The van der Waals surface area contributed by atoms with E-state index in [1.807, 2.05) is 6.07 Å². The summed E-state index contributed by atoms with van der Waals surface area (Å²) >= 11 is 5.95. The Kier molecular flexibility index (Phi) is 2.30. The molecule has 2 aromatic heterocycles. The molecule has 0 saturated heterocycles. The number of aromatic nitrogens is 3. The Morgan fingerprint density at radius 1 is 1.18 bits per heavy atom. The van der Waals surface area contributed by atoms with Crippen molar-refractivity contribution in [2.45, 2.75) is 0 Å². The summed E-state index contributed by atoms with van der Waals surface area (Å²) in [5.41, 5.74) is 1.37. The first-order chi connectivity index (χ1) is 8.25. The topological polar surface area (TPSA) is 30.7 Å². The van der Waals surface area contributed by atoms with Gasteiger partial charge in [0, 0.05) is 11.9 Å². The second-order valence-corrected chi connectivity index (χ2v) is 3.93. The van der Waals surface area contributed by atoms with Gasteiger partial charge in [0.2, 0.25) is 0 Å². The monoisotopic (exact) mass is 247 g/mol. The highest BCUT2D eigenvalue weighted by Gasteiger charge is 2.08. The molecule has 3 nitrogen and oxygen atoms in total. The maximum Gasteiger partial charge on any atom is 0.149 e. The fourth-order valence-electron chi connectivity index (χ4n) is 1.75. The molecule has 0 N–H and O–H groups in total. The SMILES string of the molecule is Fc1cccc(-n2ccc3c(Cl)ncnc32)c1. The van der Waals surface area contributed by atoms with Crippen molar-refractivity contribution in [2.24, 2.45) is 0 Å². The minimum atomic E-state index is -0.287. The van der Waals surface area contributed by atoms with Gasteiger partial charge in [-0.25, -0.2) is 14.4 Å². The second-order valence-electron chi connectivity index (χ2n) is 3.57. The molecule has 1 aromatic carbocycles. The lowest BCUT2D eigenvalue weighted by Gasteiger charge is -2.04. The summed E-state index contributed by atoms with van der Waals surface area (Å²) in [5, 5.41) is 1.14. The standard InChI is InChI=1S/C12H7ClFN3/c13-11-10-4-5-17(12(10)16-7-15-11)9-3-1-2-8(14)6-9/h1-7H. The molecule has 0 saturated carbocycles. The van der Waals surface area contributed by atoms with Gasteiger partial charge in [0.15, 0.2) is 0 Å². The predicted molar refractivity (Wildman–Crippen MR) is 63.8 cm³/mol. The highest BCUT2D eigenvalue weighted by Crippen LogP contribution is 2.23. The van der Waals surface area contributed by atoms with Crippen LogP contribution in [-0.2, 0) is 0 Å². The normalized spacial score (nSPS) is 10.9. The molecule has 17 heavy (non-hydrogen) atoms. The van der Waals surface area contributed by atoms with Crippen LogP contribution in [0.25, 0.3) is 16.7 Å². The van der Waals surface area contributed by atoms with E-state index in [0.29, 0.717) is 16.5 Å². The van der Waals surface area contributed by atoms with Crippen molar-refractivity contribution < 1.29 is 4.39 Å². The molecule has 0 unspecified atom stereocenters. The fourth-order valence-corrected chi connectivity index (χ4v) is 1.95. The number of rotatable bonds is 1. The van der Waals surface area contributed by atoms with E-state index in [9.17, 15) is 4.39 Å². The van der Waals surface area contributed by atoms with Gasteiger partial charge < -0.3 is 4.57 Å². The van der Waals surface area contributed by atoms with Crippen molar-refractivity contribution in [3.8, 4) is 5.69 Å². The molecule has 0 radical (unpaired) electrons. The van der Waals surface area contributed by atoms with Crippen LogP contribution in [0.3, 0.4) is 0 Å². The van der Waals surface area contributed by atoms with Crippen LogP contribution in [0.1, 0.15) is 0 Å². The smallest absolute Gasteiger partial charge is 0.149 e. The summed E-state index contributed by atoms with van der Waals surface area (Å²) < 4.78 is 14.9. The van der Waals surface area contributed by atoms with Crippen LogP contribution < -0.4 is 0 Å². The Hall–Kier alpha value is -1.94. The van der Waals surface area contributed by atoms with Gasteiger partial charge in [0.1, 0.15) is 22.9 Å². The minimum absolute atomic E-state index is 0.287. The predicted octanol–water partition coefficient (Wildman–Crippen LogP) is 3.21. The van der Waals surface area contributed by atoms with Gasteiger partial charge in [-0.2, -0.15) is 0 Å². The van der Waals surface area contributed by atoms with Crippen molar-refractivity contribution in [1.82, 2.24) is 14.5 Å². The molecule has 0 aliphatic heterocycles. The molecule has 84 valence electrons. The average Bonchev–Trinajstić information content (AvgIpc) is 2.74. The molecular formula is C12H7ClFN3. The summed E-state index contributed by atoms with van der Waals surface area (Å²) in [7, 11) is 0. The Morgan fingerprint density at radius 3 is 2.88 bits per heavy atom. The summed E-state index contributed by atoms with van der Waals surface area (Å²) in [4.78, 5) is 8.05. The minimum Gasteiger partial charge on any atom is -0.301 e. The van der Waals surface area contributed by atoms with Gasteiger partial charge in [-0.1, -0.05) is 17.7 Å². The first kappa shape index (κ1) is 10.2. The number of hydrogen-bond donors (Lipinski definition) is 0. The van der Waals surface area contributed by atoms with Crippen molar-refractivity contribution in [3.05, 3.63) is 53.8 Å². The van der Waals surface area contributed by atoms with E-state index < -0.39 is 0 Å². The maximum atomic E-state index is 13.2. The second kappa shape index (κ2) is 3.82. The van der Waals surface area contributed by atoms with Gasteiger partial charge in [-0.15, -0.1) is 0 Å². The average molecular weight is 248 g/mol. The molecule has 5 heteroatoms. The molecule has 3 aromatic rings. The van der Waals surface area contributed by atoms with Crippen LogP contribution >= 0.6 is 11.6 Å². The summed E-state index contributed by atoms with van der Waals surface area (Å²) in [6, 6.07) is 8.10. The van der Waals surface area contributed by atoms with Gasteiger partial charge in [-0.3, -0.25) is 0 Å². The van der Waals surface area contributed by atoms with E-state index in [2.05, 4.69) is 9.97 Å². The Bertz CT molecular complexity index is 693. The third-order valence-electron chi connectivity index (χ3n) is 2.52. The molecule has 0 fully saturated rings. The van der Waals surface area contributed by atoms with E-state index in [0.717, 1.165) is 5.39 Å². The molecule has 0 aliphatic carbocycles. The van der Waals surface area contributed by atoms with Crippen LogP contribution in [0.2, 0.25) is 5.15 Å². The quantitative estimate of drug-likeness (QED) is 0.618. The zero-order valence-electron chi connectivity index (χ0n) is 8.64. The number of benzene rings is 1. The third kappa shape index (κ3) is 1.66. The molecule has 0 aliphatic rings. The molecule has 0 atom stereocenters. The Morgan fingerprint density at radius 2 is 2.06 bits per heavy atom. The van der Waals surface area contributed by atoms with Crippen LogP contribution in [0.5, 0.6) is 0 Å². The number of fused-ring (bicyclic) bond motifs is 1. The van der Waals surface area contributed by atoms with Crippen molar-refractivity contribution in [1.29, 1.82) is 0 Å². The van der Waals surface area contributed by atoms with Gasteiger partial charge in [-0.05, 0) is 24.3 Å². The van der Waals surface area contributed by atoms with Crippen molar-refractivity contribution >= 4 is 22.6 Å². The first-order valence-electron chi connectivity index (χ1n) is 4.99. The summed E-state index contributed by atoms with van der Waals surface area (Å²) in [5.74, 6) is -0.287. The Labute approximate surface area is 101 Å². The maximum absolute atomic E-state index is 13.2. The van der Waals surface area contributed by atoms with Crippen molar-refractivity contribution in [3.63, 3.8) is 0 Å².